The minimum atomic E-state index is -0.617. The molecule has 0 radical (unpaired) electrons. The van der Waals surface area contributed by atoms with Crippen molar-refractivity contribution in [3.8, 4) is 5.75 Å². The molecule has 3 aromatic carbocycles. The summed E-state index contributed by atoms with van der Waals surface area (Å²) in [6, 6.07) is 28.4. The Morgan fingerprint density at radius 3 is 2.11 bits per heavy atom. The van der Waals surface area contributed by atoms with E-state index in [1.807, 2.05) is 0 Å². The topological polar surface area (TPSA) is 53.0 Å². The van der Waals surface area contributed by atoms with Crippen molar-refractivity contribution >= 4 is 11.7 Å². The van der Waals surface area contributed by atoms with Crippen molar-refractivity contribution in [2.45, 2.75) is 102 Å². The summed E-state index contributed by atoms with van der Waals surface area (Å²) in [6.07, 6.45) is 8.15. The number of aryl methyl sites for hydroxylation is 1. The van der Waals surface area contributed by atoms with Gasteiger partial charge in [-0.2, -0.15) is 0 Å². The number of carboxylic acids is 1. The highest BCUT2D eigenvalue weighted by Gasteiger charge is 2.34. The Balaban J connectivity index is 1.16. The normalized spacial score (nSPS) is 24.6. The van der Waals surface area contributed by atoms with Gasteiger partial charge in [0, 0.05) is 36.8 Å². The van der Waals surface area contributed by atoms with E-state index >= 15 is 0 Å². The largest absolute Gasteiger partial charge is 0.488 e. The molecule has 3 aromatic rings. The molecule has 44 heavy (non-hydrogen) atoms. The number of carboxylic acid groups (broad SMARTS) is 1. The molecule has 2 atom stereocenters. The third kappa shape index (κ3) is 6.83. The third-order valence-corrected chi connectivity index (χ3v) is 10.5. The molecule has 3 aliphatic rings. The van der Waals surface area contributed by atoms with E-state index in [4.69, 9.17) is 4.74 Å². The van der Waals surface area contributed by atoms with Gasteiger partial charge in [-0.15, -0.1) is 0 Å². The average Bonchev–Trinajstić information content (AvgIpc) is 3.04. The Bertz CT molecular complexity index is 1400. The molecule has 5 nitrogen and oxygen atoms in total. The first-order chi connectivity index (χ1) is 21.2. The number of hydrogen-bond acceptors (Lipinski definition) is 4. The molecule has 5 heteroatoms. The van der Waals surface area contributed by atoms with Gasteiger partial charge in [0.15, 0.2) is 0 Å². The van der Waals surface area contributed by atoms with Crippen molar-refractivity contribution in [3.05, 3.63) is 95.1 Å². The van der Waals surface area contributed by atoms with Gasteiger partial charge in [-0.1, -0.05) is 48.5 Å². The summed E-state index contributed by atoms with van der Waals surface area (Å²) in [7, 11) is 2.27. The Hall–Kier alpha value is -3.31. The van der Waals surface area contributed by atoms with Gasteiger partial charge in [0.25, 0.3) is 0 Å². The zero-order chi connectivity index (χ0) is 30.8. The molecule has 6 rings (SSSR count). The molecular formula is C39H50N2O3. The van der Waals surface area contributed by atoms with E-state index in [2.05, 4.69) is 110 Å². The second-order valence-electron chi connectivity index (χ2n) is 14.4. The molecule has 0 bridgehead atoms. The van der Waals surface area contributed by atoms with Gasteiger partial charge in [-0.25, -0.2) is 0 Å². The van der Waals surface area contributed by atoms with Crippen molar-refractivity contribution in [1.82, 2.24) is 4.90 Å². The number of benzene rings is 3. The van der Waals surface area contributed by atoms with Gasteiger partial charge >= 0.3 is 5.97 Å². The van der Waals surface area contributed by atoms with Crippen molar-refractivity contribution in [2.24, 2.45) is 5.92 Å². The second kappa shape index (κ2) is 13.0. The highest BCUT2D eigenvalue weighted by molar-refractivity contribution is 5.70. The maximum atomic E-state index is 11.4. The van der Waals surface area contributed by atoms with Gasteiger partial charge in [-0.05, 0) is 132 Å². The maximum Gasteiger partial charge on any atom is 0.306 e. The number of aliphatic carboxylic acids is 1. The van der Waals surface area contributed by atoms with Crippen molar-refractivity contribution in [3.63, 3.8) is 0 Å². The van der Waals surface area contributed by atoms with E-state index in [0.717, 1.165) is 70.2 Å². The quantitative estimate of drug-likeness (QED) is 0.298. The van der Waals surface area contributed by atoms with Crippen molar-refractivity contribution in [1.29, 1.82) is 0 Å². The first kappa shape index (κ1) is 30.7. The summed E-state index contributed by atoms with van der Waals surface area (Å²) in [5.41, 5.74) is 6.76. The fourth-order valence-corrected chi connectivity index (χ4v) is 8.14. The van der Waals surface area contributed by atoms with E-state index < -0.39 is 5.97 Å². The minimum absolute atomic E-state index is 0.144. The van der Waals surface area contributed by atoms with Crippen LogP contribution in [0.5, 0.6) is 5.75 Å². The number of hydrogen-bond donors (Lipinski definition) is 1. The van der Waals surface area contributed by atoms with Crippen LogP contribution in [0.25, 0.3) is 0 Å². The van der Waals surface area contributed by atoms with E-state index in [1.54, 1.807) is 0 Å². The van der Waals surface area contributed by atoms with Gasteiger partial charge < -0.3 is 19.6 Å². The molecule has 1 N–H and O–H groups in total. The summed E-state index contributed by atoms with van der Waals surface area (Å²) in [4.78, 5) is 16.5. The molecule has 0 unspecified atom stereocenters. The molecule has 1 saturated heterocycles. The molecule has 1 saturated carbocycles. The highest BCUT2D eigenvalue weighted by atomic mass is 16.5. The zero-order valence-electron chi connectivity index (χ0n) is 27.0. The molecule has 0 amide bonds. The fourth-order valence-electron chi connectivity index (χ4n) is 8.14. The Labute approximate surface area is 264 Å². The molecule has 0 spiro atoms. The number of piperidine rings is 1. The summed E-state index contributed by atoms with van der Waals surface area (Å²) in [6.45, 7) is 8.45. The molecule has 2 aliphatic carbocycles. The van der Waals surface area contributed by atoms with Gasteiger partial charge in [0.2, 0.25) is 0 Å². The second-order valence-corrected chi connectivity index (χ2v) is 14.4. The Morgan fingerprint density at radius 1 is 0.818 bits per heavy atom. The first-order valence-electron chi connectivity index (χ1n) is 16.8. The molecule has 1 aliphatic heterocycles. The summed E-state index contributed by atoms with van der Waals surface area (Å²) in [5, 5.41) is 9.37. The van der Waals surface area contributed by atoms with E-state index in [1.165, 1.54) is 27.9 Å². The van der Waals surface area contributed by atoms with Crippen LogP contribution in [-0.4, -0.2) is 53.8 Å². The lowest BCUT2D eigenvalue weighted by Crippen LogP contribution is -2.48. The lowest BCUT2D eigenvalue weighted by molar-refractivity contribution is -0.143. The number of fused-ring (bicyclic) bond motifs is 1. The first-order valence-corrected chi connectivity index (χ1v) is 16.8. The van der Waals surface area contributed by atoms with Crippen LogP contribution in [0, 0.1) is 5.92 Å². The number of carbonyl (C=O) groups is 1. The van der Waals surface area contributed by atoms with Crippen LogP contribution in [-0.2, 0) is 11.2 Å². The van der Waals surface area contributed by atoms with E-state index in [9.17, 15) is 9.90 Å². The van der Waals surface area contributed by atoms with Crippen LogP contribution in [0.15, 0.2) is 72.8 Å². The lowest BCUT2D eigenvalue weighted by Gasteiger charge is -2.43. The molecular weight excluding hydrogens is 544 g/mol. The molecule has 234 valence electrons. The Morgan fingerprint density at radius 2 is 1.48 bits per heavy atom. The van der Waals surface area contributed by atoms with Crippen LogP contribution in [0.3, 0.4) is 0 Å². The average molecular weight is 595 g/mol. The molecule has 0 aromatic heterocycles. The monoisotopic (exact) mass is 594 g/mol. The van der Waals surface area contributed by atoms with Crippen LogP contribution < -0.4 is 9.64 Å². The van der Waals surface area contributed by atoms with Crippen LogP contribution >= 0.6 is 0 Å². The summed E-state index contributed by atoms with van der Waals surface area (Å²) >= 11 is 0. The van der Waals surface area contributed by atoms with E-state index in [-0.39, 0.29) is 11.5 Å². The Kier molecular flexibility index (Phi) is 9.05. The number of rotatable bonds is 7. The summed E-state index contributed by atoms with van der Waals surface area (Å²) in [5.74, 6) is 0.962. The molecule has 2 fully saturated rings. The highest BCUT2D eigenvalue weighted by Crippen LogP contribution is 2.47. The number of ether oxygens (including phenoxy) is 1. The summed E-state index contributed by atoms with van der Waals surface area (Å²) < 4.78 is 6.24. The number of nitrogens with zero attached hydrogens (tertiary/aromatic N) is 2. The van der Waals surface area contributed by atoms with Gasteiger partial charge in [0.05, 0.1) is 5.92 Å². The van der Waals surface area contributed by atoms with Gasteiger partial charge in [0.1, 0.15) is 11.4 Å². The van der Waals surface area contributed by atoms with Crippen LogP contribution in [0.2, 0.25) is 0 Å². The van der Waals surface area contributed by atoms with Crippen molar-refractivity contribution < 1.29 is 14.6 Å². The third-order valence-electron chi connectivity index (χ3n) is 10.5. The fraction of sp³-hybridized carbons (Fsp3) is 0.513. The molecule has 1 heterocycles. The SMILES string of the molecule is CN(C1CCC(C(=O)O)CC1)C1CCN(c2ccc([C@@H]3c4ccc(OC(C)(C)C)cc4CC[C@@H]3c3ccccc3)cc2)CC1. The minimum Gasteiger partial charge on any atom is -0.488 e. The standard InChI is InChI=1S/C39H50N2O3/c1-39(2,3)44-34-19-21-36-30(26-34)14-20-35(27-8-6-5-7-9-27)37(36)28-10-17-33(18-11-28)41-24-22-32(23-25-41)40(4)31-15-12-29(13-16-31)38(42)43/h5-11,17-19,21,26,29,31-32,35,37H,12-16,20,22-25H2,1-4H3,(H,42,43)/t29?,31?,35-,37+/m1/s1. The lowest BCUT2D eigenvalue weighted by atomic mass is 9.69. The smallest absolute Gasteiger partial charge is 0.306 e. The van der Waals surface area contributed by atoms with Crippen LogP contribution in [0.4, 0.5) is 5.69 Å². The van der Waals surface area contributed by atoms with E-state index in [0.29, 0.717) is 23.9 Å². The van der Waals surface area contributed by atoms with Crippen molar-refractivity contribution in [2.75, 3.05) is 25.0 Å². The zero-order valence-corrected chi connectivity index (χ0v) is 27.0. The maximum absolute atomic E-state index is 11.4. The predicted molar refractivity (Wildman–Crippen MR) is 179 cm³/mol. The predicted octanol–water partition coefficient (Wildman–Crippen LogP) is 8.27. The number of anilines is 1. The van der Waals surface area contributed by atoms with Crippen LogP contribution in [0.1, 0.15) is 99.8 Å². The van der Waals surface area contributed by atoms with Gasteiger partial charge in [-0.3, -0.25) is 4.79 Å².